The second-order valence-electron chi connectivity index (χ2n) is 5.88. The number of aromatic nitrogens is 1. The smallest absolute Gasteiger partial charge is 0.293 e. The molecule has 0 fully saturated rings. The topological polar surface area (TPSA) is 55.0 Å². The lowest BCUT2D eigenvalue weighted by Gasteiger charge is -2.10. The molecular weight excluding hydrogens is 300 g/mol. The molecule has 0 aliphatic carbocycles. The fourth-order valence-corrected chi connectivity index (χ4v) is 2.52. The van der Waals surface area contributed by atoms with E-state index >= 15 is 0 Å². The van der Waals surface area contributed by atoms with E-state index in [1.165, 1.54) is 19.3 Å². The highest BCUT2D eigenvalue weighted by molar-refractivity contribution is 5.32. The third-order valence-electron chi connectivity index (χ3n) is 3.93. The van der Waals surface area contributed by atoms with E-state index in [2.05, 4.69) is 13.0 Å². The standard InChI is InChI=1S/C20H24N2O2/c1-2-3-4-5-6-14-24-19-8-7-13-22(20(19)23)16-18-11-9-17(15-21)10-12-18/h7-13H,2-6,14,16H2,1H3. The zero-order chi connectivity index (χ0) is 17.2. The molecule has 126 valence electrons. The van der Waals surface area contributed by atoms with E-state index in [0.29, 0.717) is 24.5 Å². The number of unbranched alkanes of at least 4 members (excludes halogenated alkanes) is 4. The third kappa shape index (κ3) is 5.27. The van der Waals surface area contributed by atoms with Crippen molar-refractivity contribution >= 4 is 0 Å². The summed E-state index contributed by atoms with van der Waals surface area (Å²) in [6.07, 6.45) is 7.57. The largest absolute Gasteiger partial charge is 0.488 e. The molecule has 0 bridgehead atoms. The molecule has 1 aromatic carbocycles. The molecule has 0 unspecified atom stereocenters. The summed E-state index contributed by atoms with van der Waals surface area (Å²) in [6, 6.07) is 12.9. The lowest BCUT2D eigenvalue weighted by atomic mass is 10.1. The summed E-state index contributed by atoms with van der Waals surface area (Å²) in [5.41, 5.74) is 1.48. The molecule has 1 aromatic heterocycles. The summed E-state index contributed by atoms with van der Waals surface area (Å²) in [5, 5.41) is 8.83. The summed E-state index contributed by atoms with van der Waals surface area (Å²) < 4.78 is 7.29. The van der Waals surface area contributed by atoms with Gasteiger partial charge in [-0.25, -0.2) is 0 Å². The number of nitriles is 1. The van der Waals surface area contributed by atoms with Crippen molar-refractivity contribution in [1.29, 1.82) is 5.26 Å². The average Bonchev–Trinajstić information content (AvgIpc) is 2.61. The highest BCUT2D eigenvalue weighted by Gasteiger charge is 2.05. The number of nitrogens with zero attached hydrogens (tertiary/aromatic N) is 2. The Hall–Kier alpha value is -2.54. The Bertz CT molecular complexity index is 727. The molecule has 0 atom stereocenters. The molecule has 0 aliphatic rings. The van der Waals surface area contributed by atoms with Crippen LogP contribution in [0.25, 0.3) is 0 Å². The molecule has 0 N–H and O–H groups in total. The molecule has 24 heavy (non-hydrogen) atoms. The van der Waals surface area contributed by atoms with E-state index in [4.69, 9.17) is 10.00 Å². The minimum absolute atomic E-state index is 0.115. The normalized spacial score (nSPS) is 10.3. The Labute approximate surface area is 143 Å². The predicted molar refractivity (Wildman–Crippen MR) is 95.2 cm³/mol. The van der Waals surface area contributed by atoms with Gasteiger partial charge >= 0.3 is 0 Å². The van der Waals surface area contributed by atoms with Crippen LogP contribution >= 0.6 is 0 Å². The molecule has 2 aromatic rings. The maximum Gasteiger partial charge on any atom is 0.293 e. The van der Waals surface area contributed by atoms with Gasteiger partial charge < -0.3 is 9.30 Å². The molecule has 0 radical (unpaired) electrons. The van der Waals surface area contributed by atoms with E-state index < -0.39 is 0 Å². The summed E-state index contributed by atoms with van der Waals surface area (Å²) in [6.45, 7) is 3.24. The fourth-order valence-electron chi connectivity index (χ4n) is 2.52. The summed E-state index contributed by atoms with van der Waals surface area (Å²) in [4.78, 5) is 12.4. The second kappa shape index (κ2) is 9.57. The highest BCUT2D eigenvalue weighted by atomic mass is 16.5. The van der Waals surface area contributed by atoms with Crippen molar-refractivity contribution in [3.63, 3.8) is 0 Å². The first-order valence-electron chi connectivity index (χ1n) is 8.56. The summed E-state index contributed by atoms with van der Waals surface area (Å²) in [5.74, 6) is 0.404. The molecule has 0 saturated heterocycles. The van der Waals surface area contributed by atoms with Crippen molar-refractivity contribution in [1.82, 2.24) is 4.57 Å². The first kappa shape index (κ1) is 17.8. The Morgan fingerprint density at radius 1 is 1.08 bits per heavy atom. The van der Waals surface area contributed by atoms with Crippen molar-refractivity contribution in [3.8, 4) is 11.8 Å². The molecule has 1 heterocycles. The van der Waals surface area contributed by atoms with Gasteiger partial charge in [0.25, 0.3) is 5.56 Å². The van der Waals surface area contributed by atoms with Crippen LogP contribution in [-0.4, -0.2) is 11.2 Å². The van der Waals surface area contributed by atoms with Crippen LogP contribution in [0, 0.1) is 11.3 Å². The molecule has 0 spiro atoms. The number of hydrogen-bond acceptors (Lipinski definition) is 3. The van der Waals surface area contributed by atoms with Crippen LogP contribution in [0.3, 0.4) is 0 Å². The number of rotatable bonds is 9. The van der Waals surface area contributed by atoms with E-state index in [1.807, 2.05) is 18.2 Å². The van der Waals surface area contributed by atoms with Gasteiger partial charge in [-0.3, -0.25) is 4.79 Å². The van der Waals surface area contributed by atoms with Crippen LogP contribution in [0.1, 0.15) is 50.2 Å². The fraction of sp³-hybridized carbons (Fsp3) is 0.400. The number of ether oxygens (including phenoxy) is 1. The van der Waals surface area contributed by atoms with Gasteiger partial charge in [0.2, 0.25) is 0 Å². The van der Waals surface area contributed by atoms with Crippen molar-refractivity contribution in [2.75, 3.05) is 6.61 Å². The van der Waals surface area contributed by atoms with Crippen molar-refractivity contribution in [3.05, 3.63) is 64.1 Å². The highest BCUT2D eigenvalue weighted by Crippen LogP contribution is 2.08. The van der Waals surface area contributed by atoms with Crippen molar-refractivity contribution in [2.45, 2.75) is 45.6 Å². The van der Waals surface area contributed by atoms with Crippen LogP contribution < -0.4 is 10.3 Å². The first-order valence-corrected chi connectivity index (χ1v) is 8.56. The van der Waals surface area contributed by atoms with Gasteiger partial charge in [0.05, 0.1) is 24.8 Å². The zero-order valence-corrected chi connectivity index (χ0v) is 14.2. The zero-order valence-electron chi connectivity index (χ0n) is 14.2. The van der Waals surface area contributed by atoms with Crippen LogP contribution in [0.5, 0.6) is 5.75 Å². The van der Waals surface area contributed by atoms with Gasteiger partial charge in [0, 0.05) is 6.20 Å². The number of hydrogen-bond donors (Lipinski definition) is 0. The summed E-state index contributed by atoms with van der Waals surface area (Å²) in [7, 11) is 0. The molecule has 0 aliphatic heterocycles. The average molecular weight is 324 g/mol. The van der Waals surface area contributed by atoms with E-state index in [0.717, 1.165) is 18.4 Å². The van der Waals surface area contributed by atoms with Gasteiger partial charge in [-0.15, -0.1) is 0 Å². The van der Waals surface area contributed by atoms with Crippen LogP contribution in [0.2, 0.25) is 0 Å². The quantitative estimate of drug-likeness (QED) is 0.652. The first-order chi connectivity index (χ1) is 11.7. The molecule has 0 saturated carbocycles. The van der Waals surface area contributed by atoms with Gasteiger partial charge in [-0.05, 0) is 36.2 Å². The van der Waals surface area contributed by atoms with E-state index in [-0.39, 0.29) is 5.56 Å². The molecular formula is C20H24N2O2. The van der Waals surface area contributed by atoms with Crippen LogP contribution in [-0.2, 0) is 6.54 Å². The molecule has 4 heteroatoms. The Balaban J connectivity index is 1.94. The lowest BCUT2D eigenvalue weighted by molar-refractivity contribution is 0.298. The second-order valence-corrected chi connectivity index (χ2v) is 5.88. The maximum absolute atomic E-state index is 12.4. The van der Waals surface area contributed by atoms with Gasteiger partial charge in [-0.1, -0.05) is 44.7 Å². The van der Waals surface area contributed by atoms with Gasteiger partial charge in [-0.2, -0.15) is 5.26 Å². The van der Waals surface area contributed by atoms with Crippen LogP contribution in [0.4, 0.5) is 0 Å². The van der Waals surface area contributed by atoms with E-state index in [1.54, 1.807) is 29.0 Å². The lowest BCUT2D eigenvalue weighted by Crippen LogP contribution is -2.22. The monoisotopic (exact) mass is 324 g/mol. The summed E-state index contributed by atoms with van der Waals surface area (Å²) >= 11 is 0. The molecule has 0 amide bonds. The predicted octanol–water partition coefficient (Wildman–Crippen LogP) is 4.12. The third-order valence-corrected chi connectivity index (χ3v) is 3.93. The van der Waals surface area contributed by atoms with Crippen molar-refractivity contribution < 1.29 is 4.74 Å². The number of pyridine rings is 1. The molecule has 2 rings (SSSR count). The van der Waals surface area contributed by atoms with Crippen LogP contribution in [0.15, 0.2) is 47.4 Å². The van der Waals surface area contributed by atoms with Gasteiger partial charge in [0.15, 0.2) is 5.75 Å². The van der Waals surface area contributed by atoms with Gasteiger partial charge in [0.1, 0.15) is 0 Å². The number of benzene rings is 1. The maximum atomic E-state index is 12.4. The minimum atomic E-state index is -0.115. The van der Waals surface area contributed by atoms with Crippen molar-refractivity contribution in [2.24, 2.45) is 0 Å². The Morgan fingerprint density at radius 3 is 2.54 bits per heavy atom. The van der Waals surface area contributed by atoms with E-state index in [9.17, 15) is 4.79 Å². The SMILES string of the molecule is CCCCCCCOc1cccn(Cc2ccc(C#N)cc2)c1=O. The Kier molecular flexibility index (Phi) is 7.10. The minimum Gasteiger partial charge on any atom is -0.488 e. The Morgan fingerprint density at radius 2 is 1.83 bits per heavy atom. The molecule has 4 nitrogen and oxygen atoms in total.